The first kappa shape index (κ1) is 8.67. The highest BCUT2D eigenvalue weighted by Gasteiger charge is 2.29. The van der Waals surface area contributed by atoms with Crippen LogP contribution in [0.15, 0.2) is 24.5 Å². The fourth-order valence-corrected chi connectivity index (χ4v) is 0.793. The second kappa shape index (κ2) is 2.91. The number of aliphatic hydroxyl groups is 1. The molecule has 1 atom stereocenters. The van der Waals surface area contributed by atoms with Crippen molar-refractivity contribution in [1.29, 1.82) is 0 Å². The van der Waals surface area contributed by atoms with Crippen LogP contribution in [0.5, 0.6) is 0 Å². The highest BCUT2D eigenvalue weighted by atomic mass is 16.3. The average Bonchev–Trinajstić information content (AvgIpc) is 2.06. The predicted octanol–water partition coefficient (Wildman–Crippen LogP) is -0.226. The number of amides is 1. The summed E-state index contributed by atoms with van der Waals surface area (Å²) < 4.78 is 0. The van der Waals surface area contributed by atoms with E-state index < -0.39 is 11.5 Å². The molecule has 0 spiro atoms. The fourth-order valence-electron chi connectivity index (χ4n) is 0.793. The molecule has 1 aromatic heterocycles. The first-order chi connectivity index (χ1) is 5.55. The van der Waals surface area contributed by atoms with Gasteiger partial charge in [0.1, 0.15) is 0 Å². The molecule has 1 rings (SSSR count). The predicted molar refractivity (Wildman–Crippen MR) is 43.0 cm³/mol. The number of pyridine rings is 1. The van der Waals surface area contributed by atoms with Gasteiger partial charge in [-0.15, -0.1) is 0 Å². The lowest BCUT2D eigenvalue weighted by atomic mass is 9.97. The van der Waals surface area contributed by atoms with Gasteiger partial charge in [0.25, 0.3) is 5.91 Å². The van der Waals surface area contributed by atoms with E-state index in [1.54, 1.807) is 18.3 Å². The Balaban J connectivity index is 3.06. The standard InChI is InChI=1S/C8H10N2O2/c1-8(12,7(9)11)6-3-2-4-10-5-6/h2-5,12H,1H3,(H2,9,11). The van der Waals surface area contributed by atoms with Gasteiger partial charge in [0, 0.05) is 18.0 Å². The van der Waals surface area contributed by atoms with Gasteiger partial charge < -0.3 is 10.8 Å². The zero-order chi connectivity index (χ0) is 9.19. The van der Waals surface area contributed by atoms with E-state index in [4.69, 9.17) is 5.73 Å². The van der Waals surface area contributed by atoms with Crippen LogP contribution in [-0.4, -0.2) is 16.0 Å². The molecule has 1 amide bonds. The van der Waals surface area contributed by atoms with Crippen LogP contribution in [0.3, 0.4) is 0 Å². The zero-order valence-corrected chi connectivity index (χ0v) is 6.69. The van der Waals surface area contributed by atoms with Crippen LogP contribution in [0.4, 0.5) is 0 Å². The van der Waals surface area contributed by atoms with Crippen molar-refractivity contribution >= 4 is 5.91 Å². The topological polar surface area (TPSA) is 76.2 Å². The smallest absolute Gasteiger partial charge is 0.253 e. The molecular weight excluding hydrogens is 156 g/mol. The lowest BCUT2D eigenvalue weighted by Crippen LogP contribution is -2.38. The van der Waals surface area contributed by atoms with Gasteiger partial charge in [0.15, 0.2) is 5.60 Å². The summed E-state index contributed by atoms with van der Waals surface area (Å²) >= 11 is 0. The maximum atomic E-state index is 10.8. The summed E-state index contributed by atoms with van der Waals surface area (Å²) in [5, 5.41) is 9.55. The molecule has 0 fully saturated rings. The Morgan fingerprint density at radius 1 is 1.75 bits per heavy atom. The van der Waals surface area contributed by atoms with E-state index in [-0.39, 0.29) is 0 Å². The molecule has 12 heavy (non-hydrogen) atoms. The normalized spacial score (nSPS) is 15.2. The molecule has 4 heteroatoms. The molecular formula is C8H10N2O2. The van der Waals surface area contributed by atoms with Crippen molar-refractivity contribution in [1.82, 2.24) is 4.98 Å². The van der Waals surface area contributed by atoms with Crippen molar-refractivity contribution in [2.45, 2.75) is 12.5 Å². The molecule has 0 aliphatic heterocycles. The minimum absolute atomic E-state index is 0.400. The quantitative estimate of drug-likeness (QED) is 0.637. The summed E-state index contributed by atoms with van der Waals surface area (Å²) in [6.45, 7) is 1.34. The lowest BCUT2D eigenvalue weighted by molar-refractivity contribution is -0.135. The van der Waals surface area contributed by atoms with Crippen LogP contribution in [0, 0.1) is 0 Å². The van der Waals surface area contributed by atoms with E-state index in [1.165, 1.54) is 13.1 Å². The average molecular weight is 166 g/mol. The summed E-state index contributed by atoms with van der Waals surface area (Å²) in [5.41, 5.74) is 3.76. The molecule has 0 saturated heterocycles. The largest absolute Gasteiger partial charge is 0.375 e. The van der Waals surface area contributed by atoms with Gasteiger partial charge in [0.2, 0.25) is 0 Å². The number of hydrogen-bond acceptors (Lipinski definition) is 3. The number of carbonyl (C=O) groups excluding carboxylic acids is 1. The number of carbonyl (C=O) groups is 1. The zero-order valence-electron chi connectivity index (χ0n) is 6.69. The highest BCUT2D eigenvalue weighted by Crippen LogP contribution is 2.17. The third kappa shape index (κ3) is 1.43. The number of nitrogens with two attached hydrogens (primary N) is 1. The molecule has 1 heterocycles. The molecule has 0 aromatic carbocycles. The Bertz CT molecular complexity index is 282. The van der Waals surface area contributed by atoms with Gasteiger partial charge in [-0.2, -0.15) is 0 Å². The van der Waals surface area contributed by atoms with Crippen molar-refractivity contribution in [3.63, 3.8) is 0 Å². The van der Waals surface area contributed by atoms with Crippen LogP contribution in [-0.2, 0) is 10.4 Å². The van der Waals surface area contributed by atoms with Gasteiger partial charge in [-0.05, 0) is 13.0 Å². The molecule has 0 bridgehead atoms. The Morgan fingerprint density at radius 3 is 2.83 bits per heavy atom. The fraction of sp³-hybridized carbons (Fsp3) is 0.250. The van der Waals surface area contributed by atoms with E-state index in [0.717, 1.165) is 0 Å². The van der Waals surface area contributed by atoms with Crippen LogP contribution in [0.2, 0.25) is 0 Å². The molecule has 0 aliphatic carbocycles. The molecule has 0 saturated carbocycles. The number of nitrogens with zero attached hydrogens (tertiary/aromatic N) is 1. The first-order valence-corrected chi connectivity index (χ1v) is 3.48. The minimum Gasteiger partial charge on any atom is -0.375 e. The van der Waals surface area contributed by atoms with E-state index in [0.29, 0.717) is 5.56 Å². The second-order valence-corrected chi connectivity index (χ2v) is 2.68. The Hall–Kier alpha value is -1.42. The third-order valence-electron chi connectivity index (χ3n) is 1.70. The van der Waals surface area contributed by atoms with Crippen molar-refractivity contribution in [2.24, 2.45) is 5.73 Å². The summed E-state index contributed by atoms with van der Waals surface area (Å²) in [6, 6.07) is 3.23. The second-order valence-electron chi connectivity index (χ2n) is 2.68. The van der Waals surface area contributed by atoms with Crippen LogP contribution >= 0.6 is 0 Å². The van der Waals surface area contributed by atoms with Crippen molar-refractivity contribution in [2.75, 3.05) is 0 Å². The molecule has 64 valence electrons. The van der Waals surface area contributed by atoms with Gasteiger partial charge in [0.05, 0.1) is 0 Å². The van der Waals surface area contributed by atoms with Gasteiger partial charge in [-0.3, -0.25) is 9.78 Å². The van der Waals surface area contributed by atoms with E-state index in [9.17, 15) is 9.90 Å². The number of aromatic nitrogens is 1. The number of primary amides is 1. The summed E-state index contributed by atoms with van der Waals surface area (Å²) in [5.74, 6) is -0.782. The molecule has 0 radical (unpaired) electrons. The Morgan fingerprint density at radius 2 is 2.42 bits per heavy atom. The SMILES string of the molecule is CC(O)(C(N)=O)c1cccnc1. The molecule has 1 unspecified atom stereocenters. The molecule has 3 N–H and O–H groups in total. The summed E-state index contributed by atoms with van der Waals surface area (Å²) in [4.78, 5) is 14.5. The van der Waals surface area contributed by atoms with Gasteiger partial charge in [-0.25, -0.2) is 0 Å². The van der Waals surface area contributed by atoms with Crippen LogP contribution < -0.4 is 5.73 Å². The highest BCUT2D eigenvalue weighted by molar-refractivity contribution is 5.83. The molecule has 4 nitrogen and oxygen atoms in total. The van der Waals surface area contributed by atoms with Crippen LogP contribution in [0.25, 0.3) is 0 Å². The van der Waals surface area contributed by atoms with Gasteiger partial charge >= 0.3 is 0 Å². The third-order valence-corrected chi connectivity index (χ3v) is 1.70. The van der Waals surface area contributed by atoms with Crippen molar-refractivity contribution in [3.8, 4) is 0 Å². The monoisotopic (exact) mass is 166 g/mol. The van der Waals surface area contributed by atoms with E-state index >= 15 is 0 Å². The molecule has 0 aliphatic rings. The minimum atomic E-state index is -1.63. The number of hydrogen-bond donors (Lipinski definition) is 2. The van der Waals surface area contributed by atoms with Crippen molar-refractivity contribution < 1.29 is 9.90 Å². The van der Waals surface area contributed by atoms with E-state index in [2.05, 4.69) is 4.98 Å². The summed E-state index contributed by atoms with van der Waals surface area (Å²) in [7, 11) is 0. The Kier molecular flexibility index (Phi) is 2.10. The first-order valence-electron chi connectivity index (χ1n) is 3.48. The Labute approximate surface area is 70.0 Å². The van der Waals surface area contributed by atoms with Crippen molar-refractivity contribution in [3.05, 3.63) is 30.1 Å². The van der Waals surface area contributed by atoms with E-state index in [1.807, 2.05) is 0 Å². The molecule has 1 aromatic rings. The lowest BCUT2D eigenvalue weighted by Gasteiger charge is -2.18. The summed E-state index contributed by atoms with van der Waals surface area (Å²) in [6.07, 6.45) is 2.96. The number of rotatable bonds is 2. The van der Waals surface area contributed by atoms with Crippen LogP contribution in [0.1, 0.15) is 12.5 Å². The maximum Gasteiger partial charge on any atom is 0.253 e. The maximum absolute atomic E-state index is 10.8. The van der Waals surface area contributed by atoms with Gasteiger partial charge in [-0.1, -0.05) is 6.07 Å².